The van der Waals surface area contributed by atoms with E-state index in [1.54, 1.807) is 13.8 Å². The van der Waals surface area contributed by atoms with E-state index in [1.807, 2.05) is 0 Å². The highest BCUT2D eigenvalue weighted by Crippen LogP contribution is 2.32. The van der Waals surface area contributed by atoms with E-state index in [-0.39, 0.29) is 22.8 Å². The monoisotopic (exact) mass is 493 g/mol. The van der Waals surface area contributed by atoms with E-state index >= 15 is 0 Å². The topological polar surface area (TPSA) is 72.9 Å². The number of hydrogen-bond acceptors (Lipinski definition) is 5. The molecule has 6 nitrogen and oxygen atoms in total. The summed E-state index contributed by atoms with van der Waals surface area (Å²) in [5, 5.41) is 0. The number of carbonyl (C=O) groups is 1. The van der Waals surface area contributed by atoms with Crippen LogP contribution in [0.5, 0.6) is 11.5 Å². The molecule has 3 rings (SSSR count). The molecule has 34 heavy (non-hydrogen) atoms. The van der Waals surface area contributed by atoms with Crippen molar-refractivity contribution in [2.24, 2.45) is 0 Å². The minimum absolute atomic E-state index is 0.0644. The molecule has 0 aromatic heterocycles. The molecule has 180 valence electrons. The third-order valence-electron chi connectivity index (χ3n) is 5.03. The van der Waals surface area contributed by atoms with Crippen molar-refractivity contribution in [2.45, 2.75) is 24.9 Å². The summed E-state index contributed by atoms with van der Waals surface area (Å²) in [5.74, 6) is -0.113. The SMILES string of the molecule is CCN(c1ccc(Oc2ccc(C(F)(F)F)cc2)cc1)S(=O)(=O)c1ccc(C)c(C(=O)OC)c1. The van der Waals surface area contributed by atoms with Gasteiger partial charge in [0, 0.05) is 6.54 Å². The summed E-state index contributed by atoms with van der Waals surface area (Å²) in [6, 6.07) is 14.5. The molecule has 0 fully saturated rings. The Bertz CT molecular complexity index is 1270. The Labute approximate surface area is 195 Å². The fourth-order valence-corrected chi connectivity index (χ4v) is 4.74. The minimum Gasteiger partial charge on any atom is -0.465 e. The molecular weight excluding hydrogens is 471 g/mol. The summed E-state index contributed by atoms with van der Waals surface area (Å²) in [5.41, 5.74) is 0.298. The van der Waals surface area contributed by atoms with Crippen molar-refractivity contribution >= 4 is 21.7 Å². The zero-order chi connectivity index (χ0) is 25.1. The largest absolute Gasteiger partial charge is 0.465 e. The van der Waals surface area contributed by atoms with Gasteiger partial charge in [0.15, 0.2) is 0 Å². The summed E-state index contributed by atoms with van der Waals surface area (Å²) < 4.78 is 76.1. The molecule has 0 aliphatic carbocycles. The number of anilines is 1. The lowest BCUT2D eigenvalue weighted by atomic mass is 10.1. The van der Waals surface area contributed by atoms with Crippen LogP contribution in [-0.2, 0) is 20.9 Å². The van der Waals surface area contributed by atoms with Crippen molar-refractivity contribution in [3.63, 3.8) is 0 Å². The molecule has 0 aliphatic heterocycles. The van der Waals surface area contributed by atoms with Crippen molar-refractivity contribution in [2.75, 3.05) is 18.0 Å². The average Bonchev–Trinajstić information content (AvgIpc) is 2.80. The molecular formula is C24H22F3NO5S. The lowest BCUT2D eigenvalue weighted by molar-refractivity contribution is -0.137. The summed E-state index contributed by atoms with van der Waals surface area (Å²) in [7, 11) is -2.78. The number of hydrogen-bond donors (Lipinski definition) is 0. The maximum Gasteiger partial charge on any atom is 0.416 e. The van der Waals surface area contributed by atoms with Gasteiger partial charge in [-0.05, 0) is 80.1 Å². The number of aryl methyl sites for hydroxylation is 1. The first-order valence-electron chi connectivity index (χ1n) is 10.1. The summed E-state index contributed by atoms with van der Waals surface area (Å²) >= 11 is 0. The van der Waals surface area contributed by atoms with Crippen LogP contribution in [0.4, 0.5) is 18.9 Å². The normalized spacial score (nSPS) is 11.7. The molecule has 10 heteroatoms. The predicted molar refractivity (Wildman–Crippen MR) is 121 cm³/mol. The number of alkyl halides is 3. The highest BCUT2D eigenvalue weighted by molar-refractivity contribution is 7.92. The Hall–Kier alpha value is -3.53. The Morgan fingerprint density at radius 1 is 0.941 bits per heavy atom. The van der Waals surface area contributed by atoms with E-state index in [4.69, 9.17) is 9.47 Å². The molecule has 0 N–H and O–H groups in total. The van der Waals surface area contributed by atoms with Gasteiger partial charge in [0.05, 0.1) is 28.8 Å². The van der Waals surface area contributed by atoms with Crippen LogP contribution in [0.3, 0.4) is 0 Å². The number of carbonyl (C=O) groups excluding carboxylic acids is 1. The summed E-state index contributed by atoms with van der Waals surface area (Å²) in [6.07, 6.45) is -4.44. The van der Waals surface area contributed by atoms with Crippen LogP contribution in [0.2, 0.25) is 0 Å². The molecule has 0 unspecified atom stereocenters. The van der Waals surface area contributed by atoms with Crippen molar-refractivity contribution in [1.82, 2.24) is 0 Å². The van der Waals surface area contributed by atoms with Crippen LogP contribution in [0, 0.1) is 6.92 Å². The van der Waals surface area contributed by atoms with E-state index in [9.17, 15) is 26.4 Å². The van der Waals surface area contributed by atoms with E-state index in [1.165, 1.54) is 66.0 Å². The second kappa shape index (κ2) is 9.76. The highest BCUT2D eigenvalue weighted by atomic mass is 32.2. The number of benzene rings is 3. The molecule has 0 atom stereocenters. The maximum absolute atomic E-state index is 13.3. The number of esters is 1. The van der Waals surface area contributed by atoms with Gasteiger partial charge in [0.25, 0.3) is 10.0 Å². The standard InChI is InChI=1S/C24H22F3NO5S/c1-4-28(34(30,31)21-14-5-16(2)22(15-21)23(29)32-3)18-8-12-20(13-9-18)33-19-10-6-17(7-11-19)24(25,26)27/h5-15H,4H2,1-3H3. The fraction of sp³-hybridized carbons (Fsp3) is 0.208. The third kappa shape index (κ3) is 5.33. The number of methoxy groups -OCH3 is 1. The predicted octanol–water partition coefficient (Wildman–Crippen LogP) is 5.81. The van der Waals surface area contributed by atoms with Crippen LogP contribution in [0.1, 0.15) is 28.4 Å². The minimum atomic E-state index is -4.44. The van der Waals surface area contributed by atoms with Crippen molar-refractivity contribution in [3.8, 4) is 11.5 Å². The third-order valence-corrected chi connectivity index (χ3v) is 6.93. The van der Waals surface area contributed by atoms with Crippen LogP contribution >= 0.6 is 0 Å². The maximum atomic E-state index is 13.3. The molecule has 0 aliphatic rings. The molecule has 3 aromatic rings. The summed E-state index contributed by atoms with van der Waals surface area (Å²) in [6.45, 7) is 3.46. The van der Waals surface area contributed by atoms with E-state index in [0.29, 0.717) is 17.0 Å². The van der Waals surface area contributed by atoms with Gasteiger partial charge in [-0.1, -0.05) is 6.07 Å². The second-order valence-electron chi connectivity index (χ2n) is 7.26. The van der Waals surface area contributed by atoms with Crippen molar-refractivity contribution < 1.29 is 35.9 Å². The molecule has 0 saturated heterocycles. The zero-order valence-electron chi connectivity index (χ0n) is 18.6. The number of ether oxygens (including phenoxy) is 2. The van der Waals surface area contributed by atoms with E-state index in [2.05, 4.69) is 0 Å². The quantitative estimate of drug-likeness (QED) is 0.389. The van der Waals surface area contributed by atoms with Gasteiger partial charge >= 0.3 is 12.1 Å². The van der Waals surface area contributed by atoms with Crippen LogP contribution in [-0.4, -0.2) is 28.0 Å². The number of nitrogens with zero attached hydrogens (tertiary/aromatic N) is 1. The van der Waals surface area contributed by atoms with Gasteiger partial charge in [0.2, 0.25) is 0 Å². The molecule has 0 heterocycles. The molecule has 0 bridgehead atoms. The van der Waals surface area contributed by atoms with Crippen molar-refractivity contribution in [3.05, 3.63) is 83.4 Å². The van der Waals surface area contributed by atoms with Crippen LogP contribution in [0.25, 0.3) is 0 Å². The second-order valence-corrected chi connectivity index (χ2v) is 9.12. The Balaban J connectivity index is 1.84. The number of halogens is 3. The Morgan fingerprint density at radius 2 is 1.50 bits per heavy atom. The molecule has 0 spiro atoms. The molecule has 0 radical (unpaired) electrons. The van der Waals surface area contributed by atoms with E-state index < -0.39 is 27.7 Å². The van der Waals surface area contributed by atoms with Gasteiger partial charge in [0.1, 0.15) is 11.5 Å². The fourth-order valence-electron chi connectivity index (χ4n) is 3.24. The highest BCUT2D eigenvalue weighted by Gasteiger charge is 2.30. The van der Waals surface area contributed by atoms with Crippen LogP contribution in [0.15, 0.2) is 71.6 Å². The van der Waals surface area contributed by atoms with Gasteiger partial charge < -0.3 is 9.47 Å². The van der Waals surface area contributed by atoms with Gasteiger partial charge in [-0.3, -0.25) is 4.31 Å². The lowest BCUT2D eigenvalue weighted by Gasteiger charge is -2.23. The lowest BCUT2D eigenvalue weighted by Crippen LogP contribution is -2.31. The summed E-state index contributed by atoms with van der Waals surface area (Å²) in [4.78, 5) is 11.9. The number of sulfonamides is 1. The Morgan fingerprint density at radius 3 is 2.00 bits per heavy atom. The van der Waals surface area contributed by atoms with Gasteiger partial charge in [-0.2, -0.15) is 13.2 Å². The van der Waals surface area contributed by atoms with Gasteiger partial charge in [-0.15, -0.1) is 0 Å². The smallest absolute Gasteiger partial charge is 0.416 e. The first-order valence-corrected chi connectivity index (χ1v) is 11.6. The molecule has 3 aromatic carbocycles. The van der Waals surface area contributed by atoms with Crippen molar-refractivity contribution in [1.29, 1.82) is 0 Å². The average molecular weight is 494 g/mol. The van der Waals surface area contributed by atoms with E-state index in [0.717, 1.165) is 12.1 Å². The molecule has 0 amide bonds. The molecule has 0 saturated carbocycles. The zero-order valence-corrected chi connectivity index (χ0v) is 19.4. The van der Waals surface area contributed by atoms with Crippen LogP contribution < -0.4 is 9.04 Å². The van der Waals surface area contributed by atoms with Gasteiger partial charge in [-0.25, -0.2) is 13.2 Å². The number of rotatable bonds is 7. The first-order chi connectivity index (χ1) is 16.0. The Kier molecular flexibility index (Phi) is 7.21. The first kappa shape index (κ1) is 25.1.